The number of hydrogen-bond donors (Lipinski definition) is 1. The summed E-state index contributed by atoms with van der Waals surface area (Å²) >= 11 is 6.57. The Bertz CT molecular complexity index is 1700. The fourth-order valence-corrected chi connectivity index (χ4v) is 9.26. The van der Waals surface area contributed by atoms with E-state index < -0.39 is 12.0 Å². The van der Waals surface area contributed by atoms with Gasteiger partial charge in [-0.05, 0) is 99.1 Å². The van der Waals surface area contributed by atoms with Gasteiger partial charge in [0.15, 0.2) is 5.82 Å². The number of benzene rings is 1. The number of alkyl halides is 1. The summed E-state index contributed by atoms with van der Waals surface area (Å²) < 4.78 is 37.7. The SMILES string of the molecule is C=CC(=O)N1C2CCC1CC(c1cc(OCC34CCCN3CC(F)C4)nc3c(F)c(-c4cc(O)cc(Cl)c4C4CC4)ncc13)C2. The molecule has 236 valence electrons. The average Bonchev–Trinajstić information content (AvgIpc) is 3.63. The highest BCUT2D eigenvalue weighted by molar-refractivity contribution is 6.32. The molecule has 7 nitrogen and oxygen atoms in total. The highest BCUT2D eigenvalue weighted by Gasteiger charge is 2.49. The van der Waals surface area contributed by atoms with Crippen molar-refractivity contribution in [2.45, 2.75) is 93.4 Å². The number of rotatable bonds is 7. The van der Waals surface area contributed by atoms with E-state index in [0.29, 0.717) is 34.8 Å². The number of amides is 1. The Morgan fingerprint density at radius 3 is 2.69 bits per heavy atom. The molecule has 5 aliphatic rings. The van der Waals surface area contributed by atoms with E-state index in [1.54, 1.807) is 6.20 Å². The van der Waals surface area contributed by atoms with Crippen LogP contribution in [-0.2, 0) is 4.79 Å². The van der Waals surface area contributed by atoms with Crippen molar-refractivity contribution in [2.75, 3.05) is 19.7 Å². The number of fused-ring (bicyclic) bond motifs is 4. The standard InChI is InChI=1S/C35H37ClF2N4O3/c1-2-30(44)42-22-6-7-23(42)11-20(10-22)25-14-29(45-18-35-8-3-9-41(35)17-21(37)15-35)40-34-27(25)16-39-33(32(34)38)26-12-24(43)13-28(36)31(26)19-4-5-19/h2,12-14,16,19-23,43H,1,3-11,15,17-18H2. The van der Waals surface area contributed by atoms with Crippen LogP contribution in [0, 0.1) is 5.82 Å². The van der Waals surface area contributed by atoms with E-state index in [2.05, 4.69) is 16.5 Å². The van der Waals surface area contributed by atoms with E-state index in [-0.39, 0.29) is 58.9 Å². The molecule has 1 saturated carbocycles. The third-order valence-electron chi connectivity index (χ3n) is 11.0. The van der Waals surface area contributed by atoms with Gasteiger partial charge in [-0.1, -0.05) is 18.2 Å². The zero-order valence-electron chi connectivity index (χ0n) is 25.2. The number of hydrogen-bond acceptors (Lipinski definition) is 6. The number of phenols is 1. The van der Waals surface area contributed by atoms with Crippen LogP contribution in [0.4, 0.5) is 8.78 Å². The minimum absolute atomic E-state index is 0.0405. The van der Waals surface area contributed by atoms with Gasteiger partial charge in [-0.25, -0.2) is 13.8 Å². The Labute approximate surface area is 266 Å². The van der Waals surface area contributed by atoms with Crippen molar-refractivity contribution in [3.8, 4) is 22.9 Å². The molecule has 1 aliphatic carbocycles. The Morgan fingerprint density at radius 2 is 1.96 bits per heavy atom. The van der Waals surface area contributed by atoms with Crippen LogP contribution in [-0.4, -0.2) is 74.3 Å². The topological polar surface area (TPSA) is 78.8 Å². The van der Waals surface area contributed by atoms with Gasteiger partial charge >= 0.3 is 0 Å². The second-order valence-corrected chi connectivity index (χ2v) is 14.2. The van der Waals surface area contributed by atoms with Gasteiger partial charge in [0.2, 0.25) is 11.8 Å². The van der Waals surface area contributed by atoms with Crippen LogP contribution in [0.15, 0.2) is 37.1 Å². The smallest absolute Gasteiger partial charge is 0.246 e. The Balaban J connectivity index is 1.22. The van der Waals surface area contributed by atoms with Gasteiger partial charge in [0.25, 0.3) is 0 Å². The van der Waals surface area contributed by atoms with E-state index >= 15 is 4.39 Å². The molecule has 8 rings (SSSR count). The molecular weight excluding hydrogens is 598 g/mol. The van der Waals surface area contributed by atoms with E-state index in [9.17, 15) is 14.3 Å². The summed E-state index contributed by atoms with van der Waals surface area (Å²) in [6.45, 7) is 5.26. The summed E-state index contributed by atoms with van der Waals surface area (Å²) in [5.74, 6) is -0.120. The number of halogens is 3. The Morgan fingerprint density at radius 1 is 1.18 bits per heavy atom. The van der Waals surface area contributed by atoms with Crippen molar-refractivity contribution in [1.82, 2.24) is 19.8 Å². The predicted octanol–water partition coefficient (Wildman–Crippen LogP) is 7.05. The van der Waals surface area contributed by atoms with E-state index in [1.165, 1.54) is 18.2 Å². The lowest BCUT2D eigenvalue weighted by Crippen LogP contribution is -2.45. The van der Waals surface area contributed by atoms with Crippen LogP contribution in [0.3, 0.4) is 0 Å². The summed E-state index contributed by atoms with van der Waals surface area (Å²) in [5, 5.41) is 11.4. The van der Waals surface area contributed by atoms with Crippen molar-refractivity contribution < 1.29 is 23.4 Å². The predicted molar refractivity (Wildman–Crippen MR) is 168 cm³/mol. The molecule has 4 aliphatic heterocycles. The molecule has 10 heteroatoms. The number of nitrogens with zero attached hydrogens (tertiary/aromatic N) is 4. The van der Waals surface area contributed by atoms with E-state index in [1.807, 2.05) is 11.0 Å². The number of piperidine rings is 1. The fourth-order valence-electron chi connectivity index (χ4n) is 8.89. The van der Waals surface area contributed by atoms with Gasteiger partial charge in [-0.15, -0.1) is 0 Å². The van der Waals surface area contributed by atoms with Gasteiger partial charge in [0.05, 0.1) is 5.54 Å². The van der Waals surface area contributed by atoms with Gasteiger partial charge < -0.3 is 14.7 Å². The fraction of sp³-hybridized carbons (Fsp3) is 0.514. The number of pyridine rings is 2. The molecule has 5 fully saturated rings. The zero-order valence-corrected chi connectivity index (χ0v) is 25.9. The lowest BCUT2D eigenvalue weighted by Gasteiger charge is -2.39. The molecule has 2 aromatic heterocycles. The number of carbonyl (C=O) groups excluding carboxylic acids is 1. The molecule has 1 amide bonds. The lowest BCUT2D eigenvalue weighted by atomic mass is 9.83. The summed E-state index contributed by atoms with van der Waals surface area (Å²) in [6.07, 6.45) is 9.70. The minimum Gasteiger partial charge on any atom is -0.508 e. The van der Waals surface area contributed by atoms with Crippen LogP contribution < -0.4 is 4.74 Å². The minimum atomic E-state index is -0.881. The van der Waals surface area contributed by atoms with Gasteiger partial charge in [-0.3, -0.25) is 14.7 Å². The molecule has 4 atom stereocenters. The summed E-state index contributed by atoms with van der Waals surface area (Å²) in [7, 11) is 0. The van der Waals surface area contributed by atoms with Crippen LogP contribution in [0.1, 0.15) is 80.8 Å². The summed E-state index contributed by atoms with van der Waals surface area (Å²) in [5.41, 5.74) is 2.06. The van der Waals surface area contributed by atoms with Crippen molar-refractivity contribution in [1.29, 1.82) is 0 Å². The van der Waals surface area contributed by atoms with Gasteiger partial charge in [-0.2, -0.15) is 0 Å². The molecule has 45 heavy (non-hydrogen) atoms. The highest BCUT2D eigenvalue weighted by atomic mass is 35.5. The molecule has 6 heterocycles. The lowest BCUT2D eigenvalue weighted by molar-refractivity contribution is -0.130. The Hall–Kier alpha value is -3.30. The molecule has 0 spiro atoms. The third kappa shape index (κ3) is 4.89. The molecule has 4 unspecified atom stereocenters. The zero-order chi connectivity index (χ0) is 31.0. The average molecular weight is 635 g/mol. The summed E-state index contributed by atoms with van der Waals surface area (Å²) in [6, 6.07) is 5.12. The maximum atomic E-state index is 16.8. The Kier molecular flexibility index (Phi) is 7.06. The van der Waals surface area contributed by atoms with E-state index in [0.717, 1.165) is 69.0 Å². The molecular formula is C35H37ClF2N4O3. The maximum absolute atomic E-state index is 16.8. The second kappa shape index (κ2) is 10.9. The largest absolute Gasteiger partial charge is 0.508 e. The van der Waals surface area contributed by atoms with Crippen molar-refractivity contribution in [3.05, 3.63) is 59.0 Å². The van der Waals surface area contributed by atoms with Crippen LogP contribution in [0.2, 0.25) is 5.02 Å². The number of carbonyl (C=O) groups is 1. The number of aromatic nitrogens is 2. The van der Waals surface area contributed by atoms with Crippen LogP contribution in [0.5, 0.6) is 11.6 Å². The normalized spacial score (nSPS) is 29.4. The van der Waals surface area contributed by atoms with Gasteiger partial charge in [0, 0.05) is 53.3 Å². The molecule has 1 N–H and O–H groups in total. The van der Waals surface area contributed by atoms with E-state index in [4.69, 9.17) is 21.3 Å². The summed E-state index contributed by atoms with van der Waals surface area (Å²) in [4.78, 5) is 26.2. The number of aromatic hydroxyl groups is 1. The molecule has 0 radical (unpaired) electrons. The molecule has 4 saturated heterocycles. The highest BCUT2D eigenvalue weighted by Crippen LogP contribution is 2.50. The van der Waals surface area contributed by atoms with Crippen molar-refractivity contribution >= 4 is 28.4 Å². The molecule has 1 aromatic carbocycles. The third-order valence-corrected chi connectivity index (χ3v) is 11.3. The molecule has 3 aromatic rings. The van der Waals surface area contributed by atoms with Crippen molar-refractivity contribution in [2.24, 2.45) is 0 Å². The van der Waals surface area contributed by atoms with Crippen LogP contribution >= 0.6 is 11.6 Å². The monoisotopic (exact) mass is 634 g/mol. The second-order valence-electron chi connectivity index (χ2n) is 13.8. The first-order valence-corrected chi connectivity index (χ1v) is 16.6. The molecule has 2 bridgehead atoms. The number of ether oxygens (including phenoxy) is 1. The number of phenolic OH excluding ortho intramolecular Hbond substituents is 1. The van der Waals surface area contributed by atoms with Crippen LogP contribution in [0.25, 0.3) is 22.2 Å². The first-order valence-electron chi connectivity index (χ1n) is 16.2. The first-order chi connectivity index (χ1) is 21.7. The first kappa shape index (κ1) is 29.1. The quantitative estimate of drug-likeness (QED) is 0.281. The van der Waals surface area contributed by atoms with Crippen molar-refractivity contribution in [3.63, 3.8) is 0 Å². The van der Waals surface area contributed by atoms with Gasteiger partial charge in [0.1, 0.15) is 29.7 Å². The maximum Gasteiger partial charge on any atom is 0.246 e.